The first kappa shape index (κ1) is 19.0. The number of rotatable bonds is 5. The highest BCUT2D eigenvalue weighted by atomic mass is 32.2. The summed E-state index contributed by atoms with van der Waals surface area (Å²) in [5.74, 6) is -0.634. The molecule has 0 saturated heterocycles. The van der Waals surface area contributed by atoms with Crippen molar-refractivity contribution in [1.82, 2.24) is 4.98 Å². The minimum absolute atomic E-state index is 0.0818. The van der Waals surface area contributed by atoms with Crippen LogP contribution in [-0.4, -0.2) is 43.8 Å². The summed E-state index contributed by atoms with van der Waals surface area (Å²) in [6, 6.07) is 8.85. The van der Waals surface area contributed by atoms with Gasteiger partial charge in [-0.25, -0.2) is 8.42 Å². The molecule has 142 valence electrons. The van der Waals surface area contributed by atoms with E-state index >= 15 is 0 Å². The molecule has 1 aromatic heterocycles. The molecule has 1 aliphatic rings. The van der Waals surface area contributed by atoms with E-state index in [0.29, 0.717) is 17.8 Å². The summed E-state index contributed by atoms with van der Waals surface area (Å²) in [6.07, 6.45) is 5.82. The first-order valence-electron chi connectivity index (χ1n) is 8.66. The summed E-state index contributed by atoms with van der Waals surface area (Å²) in [6.45, 7) is 0.626. The molecule has 1 aliphatic heterocycles. The van der Waals surface area contributed by atoms with Gasteiger partial charge in [-0.3, -0.25) is 14.6 Å². The zero-order valence-electron chi connectivity index (χ0n) is 15.0. The number of aromatic nitrogens is 1. The maximum absolute atomic E-state index is 12.8. The van der Waals surface area contributed by atoms with Gasteiger partial charge in [-0.2, -0.15) is 0 Å². The van der Waals surface area contributed by atoms with Crippen molar-refractivity contribution >= 4 is 33.0 Å². The van der Waals surface area contributed by atoms with Gasteiger partial charge in [-0.05, 0) is 48.7 Å². The van der Waals surface area contributed by atoms with Crippen molar-refractivity contribution in [1.29, 1.82) is 0 Å². The molecule has 0 unspecified atom stereocenters. The molecule has 27 heavy (non-hydrogen) atoms. The molecule has 7 nitrogen and oxygen atoms in total. The highest BCUT2D eigenvalue weighted by Gasteiger charge is 2.24. The van der Waals surface area contributed by atoms with E-state index in [-0.39, 0.29) is 24.0 Å². The first-order valence-corrected chi connectivity index (χ1v) is 10.7. The van der Waals surface area contributed by atoms with Crippen LogP contribution in [0.15, 0.2) is 42.7 Å². The number of sulfone groups is 1. The van der Waals surface area contributed by atoms with Gasteiger partial charge in [-0.1, -0.05) is 0 Å². The van der Waals surface area contributed by atoms with Gasteiger partial charge in [-0.15, -0.1) is 0 Å². The minimum atomic E-state index is -3.18. The van der Waals surface area contributed by atoms with Gasteiger partial charge in [0.1, 0.15) is 9.84 Å². The maximum atomic E-state index is 12.8. The van der Waals surface area contributed by atoms with Crippen LogP contribution in [0.5, 0.6) is 0 Å². The van der Waals surface area contributed by atoms with Crippen LogP contribution in [0.4, 0.5) is 11.4 Å². The Kier molecular flexibility index (Phi) is 5.55. The number of aryl methyl sites for hydroxylation is 1. The standard InChI is InChI=1S/C19H21N3O4S/c1-27(25,26)11-8-18(23)21-16-6-7-17-14(12-16)5-3-10-22(17)19(24)15-4-2-9-20-13-15/h2,4,6-7,9,12-13H,3,5,8,10-11H2,1H3,(H,21,23). The van der Waals surface area contributed by atoms with E-state index in [1.54, 1.807) is 35.5 Å². The van der Waals surface area contributed by atoms with E-state index in [4.69, 9.17) is 0 Å². The van der Waals surface area contributed by atoms with E-state index < -0.39 is 9.84 Å². The van der Waals surface area contributed by atoms with Crippen LogP contribution in [0.25, 0.3) is 0 Å². The van der Waals surface area contributed by atoms with Crippen molar-refractivity contribution in [3.63, 3.8) is 0 Å². The number of pyridine rings is 1. The number of amides is 2. The fourth-order valence-corrected chi connectivity index (χ4v) is 3.59. The fourth-order valence-electron chi connectivity index (χ4n) is 3.03. The van der Waals surface area contributed by atoms with E-state index in [1.165, 1.54) is 0 Å². The summed E-state index contributed by atoms with van der Waals surface area (Å²) >= 11 is 0. The van der Waals surface area contributed by atoms with Crippen LogP contribution >= 0.6 is 0 Å². The monoisotopic (exact) mass is 387 g/mol. The molecule has 0 radical (unpaired) electrons. The molecule has 0 bridgehead atoms. The van der Waals surface area contributed by atoms with Gasteiger partial charge in [0.05, 0.1) is 11.3 Å². The quantitative estimate of drug-likeness (QED) is 0.847. The van der Waals surface area contributed by atoms with Crippen molar-refractivity contribution < 1.29 is 18.0 Å². The van der Waals surface area contributed by atoms with E-state index in [0.717, 1.165) is 30.3 Å². The Hall–Kier alpha value is -2.74. The molecular weight excluding hydrogens is 366 g/mol. The molecule has 0 aliphatic carbocycles. The molecule has 8 heteroatoms. The molecule has 0 spiro atoms. The number of fused-ring (bicyclic) bond motifs is 1. The lowest BCUT2D eigenvalue weighted by molar-refractivity contribution is -0.115. The first-order chi connectivity index (χ1) is 12.8. The van der Waals surface area contributed by atoms with Crippen molar-refractivity contribution in [2.24, 2.45) is 0 Å². The molecule has 1 N–H and O–H groups in total. The van der Waals surface area contributed by atoms with Crippen LogP contribution in [0, 0.1) is 0 Å². The van der Waals surface area contributed by atoms with E-state index in [1.807, 2.05) is 12.1 Å². The highest BCUT2D eigenvalue weighted by molar-refractivity contribution is 7.90. The molecule has 3 rings (SSSR count). The SMILES string of the molecule is CS(=O)(=O)CCC(=O)Nc1ccc2c(c1)CCCN2C(=O)c1cccnc1. The van der Waals surface area contributed by atoms with Crippen LogP contribution in [0.3, 0.4) is 0 Å². The largest absolute Gasteiger partial charge is 0.326 e. The van der Waals surface area contributed by atoms with Crippen molar-refractivity contribution in [3.8, 4) is 0 Å². The Balaban J connectivity index is 1.75. The number of nitrogens with one attached hydrogen (secondary N) is 1. The Morgan fingerprint density at radius 1 is 1.26 bits per heavy atom. The minimum Gasteiger partial charge on any atom is -0.326 e. The third-order valence-electron chi connectivity index (χ3n) is 4.34. The molecule has 0 fully saturated rings. The zero-order valence-corrected chi connectivity index (χ0v) is 15.8. The second-order valence-corrected chi connectivity index (χ2v) is 8.83. The second kappa shape index (κ2) is 7.87. The number of nitrogens with zero attached hydrogens (tertiary/aromatic N) is 2. The number of carbonyl (C=O) groups is 2. The summed E-state index contributed by atoms with van der Waals surface area (Å²) < 4.78 is 22.3. The zero-order chi connectivity index (χ0) is 19.4. The van der Waals surface area contributed by atoms with Crippen LogP contribution in [-0.2, 0) is 21.1 Å². The predicted molar refractivity (Wildman–Crippen MR) is 104 cm³/mol. The van der Waals surface area contributed by atoms with Gasteiger partial charge in [0.2, 0.25) is 5.91 Å². The highest BCUT2D eigenvalue weighted by Crippen LogP contribution is 2.30. The van der Waals surface area contributed by atoms with Crippen molar-refractivity contribution in [2.75, 3.05) is 28.8 Å². The van der Waals surface area contributed by atoms with E-state index in [2.05, 4.69) is 10.3 Å². The maximum Gasteiger partial charge on any atom is 0.259 e. The van der Waals surface area contributed by atoms with Gasteiger partial charge in [0.15, 0.2) is 0 Å². The number of anilines is 2. The van der Waals surface area contributed by atoms with Gasteiger partial charge >= 0.3 is 0 Å². The summed E-state index contributed by atoms with van der Waals surface area (Å²) in [7, 11) is -3.18. The lowest BCUT2D eigenvalue weighted by Crippen LogP contribution is -2.35. The Morgan fingerprint density at radius 2 is 2.07 bits per heavy atom. The molecular formula is C19H21N3O4S. The predicted octanol–water partition coefficient (Wildman–Crippen LogP) is 2.05. The van der Waals surface area contributed by atoms with Crippen LogP contribution in [0.1, 0.15) is 28.8 Å². The lowest BCUT2D eigenvalue weighted by atomic mass is 10.00. The average Bonchev–Trinajstić information content (AvgIpc) is 2.65. The van der Waals surface area contributed by atoms with Gasteiger partial charge in [0.25, 0.3) is 5.91 Å². The molecule has 0 saturated carbocycles. The van der Waals surface area contributed by atoms with Crippen molar-refractivity contribution in [3.05, 3.63) is 53.9 Å². The summed E-state index contributed by atoms with van der Waals surface area (Å²) in [5.41, 5.74) is 2.93. The lowest BCUT2D eigenvalue weighted by Gasteiger charge is -2.30. The number of hydrogen-bond donors (Lipinski definition) is 1. The van der Waals surface area contributed by atoms with Crippen LogP contribution < -0.4 is 10.2 Å². The van der Waals surface area contributed by atoms with Crippen molar-refractivity contribution in [2.45, 2.75) is 19.3 Å². The number of hydrogen-bond acceptors (Lipinski definition) is 5. The van der Waals surface area contributed by atoms with Gasteiger partial charge in [0, 0.05) is 43.0 Å². The normalized spacial score (nSPS) is 13.7. The molecule has 1 aromatic carbocycles. The third kappa shape index (κ3) is 4.91. The molecule has 2 amide bonds. The van der Waals surface area contributed by atoms with Crippen LogP contribution in [0.2, 0.25) is 0 Å². The number of benzene rings is 1. The fraction of sp³-hybridized carbons (Fsp3) is 0.316. The average molecular weight is 387 g/mol. The summed E-state index contributed by atoms with van der Waals surface area (Å²) in [5, 5.41) is 2.72. The topological polar surface area (TPSA) is 96.4 Å². The van der Waals surface area contributed by atoms with E-state index in [9.17, 15) is 18.0 Å². The third-order valence-corrected chi connectivity index (χ3v) is 5.28. The smallest absolute Gasteiger partial charge is 0.259 e. The Bertz CT molecular complexity index is 958. The summed E-state index contributed by atoms with van der Waals surface area (Å²) in [4.78, 5) is 30.4. The number of carbonyl (C=O) groups excluding carboxylic acids is 2. The van der Waals surface area contributed by atoms with Gasteiger partial charge < -0.3 is 10.2 Å². The molecule has 0 atom stereocenters. The molecule has 2 aromatic rings. The Labute approximate surface area is 158 Å². The molecule has 2 heterocycles. The Morgan fingerprint density at radius 3 is 2.78 bits per heavy atom. The second-order valence-electron chi connectivity index (χ2n) is 6.57.